The summed E-state index contributed by atoms with van der Waals surface area (Å²) < 4.78 is 116. The molecule has 0 amide bonds. The monoisotopic (exact) mass is 1470 g/mol. The van der Waals surface area contributed by atoms with Crippen LogP contribution in [-0.2, 0) is 84.1 Å². The molecule has 6 aliphatic heterocycles. The highest BCUT2D eigenvalue weighted by Gasteiger charge is 2.59. The Morgan fingerprint density at radius 1 is 0.406 bits per heavy atom. The van der Waals surface area contributed by atoms with Gasteiger partial charge in [-0.25, -0.2) is 4.57 Å². The molecule has 26 N–H and O–H groups in total. The van der Waals surface area contributed by atoms with Gasteiger partial charge in [0.05, 0.1) is 71.1 Å². The van der Waals surface area contributed by atoms with E-state index in [4.69, 9.17) is 74.9 Å². The fourth-order valence-electron chi connectivity index (χ4n) is 11.9. The molecule has 7 aliphatic rings. The van der Waals surface area contributed by atoms with E-state index in [1.54, 1.807) is 0 Å². The van der Waals surface area contributed by atoms with Crippen molar-refractivity contribution in [2.75, 3.05) is 65.2 Å². The molecule has 6 saturated heterocycles. The van der Waals surface area contributed by atoms with Crippen LogP contribution in [0, 0.1) is 11.8 Å². The first-order chi connectivity index (χ1) is 45.3. The third kappa shape index (κ3) is 19.6. The highest BCUT2D eigenvalue weighted by molar-refractivity contribution is 7.80. The molecule has 17 unspecified atom stereocenters. The Hall–Kier alpha value is -0.750. The van der Waals surface area contributed by atoms with Gasteiger partial charge >= 0.3 is 7.82 Å². The molecule has 1 saturated carbocycles. The second-order valence-electron chi connectivity index (χ2n) is 24.5. The van der Waals surface area contributed by atoms with Gasteiger partial charge in [-0.15, -0.1) is 0 Å². The van der Waals surface area contributed by atoms with Crippen LogP contribution in [0.25, 0.3) is 0 Å². The average Bonchev–Trinajstić information content (AvgIpc) is 0.788. The van der Waals surface area contributed by atoms with Crippen molar-refractivity contribution < 1.29 is 202 Å². The lowest BCUT2D eigenvalue weighted by molar-refractivity contribution is -0.511. The summed E-state index contributed by atoms with van der Waals surface area (Å²) in [6.07, 6.45) is -62.1. The minimum absolute atomic E-state index is 0.0360. The summed E-state index contributed by atoms with van der Waals surface area (Å²) in [5.74, 6) is -1.96. The number of thiol groups is 1. The largest absolute Gasteiger partial charge is 0.756 e. The van der Waals surface area contributed by atoms with Crippen LogP contribution in [0.2, 0.25) is 0 Å². The molecule has 7 rings (SSSR count). The van der Waals surface area contributed by atoms with Gasteiger partial charge in [-0.2, -0.15) is 12.6 Å². The molecule has 0 bridgehead atoms. The second kappa shape index (κ2) is 36.8. The summed E-state index contributed by atoms with van der Waals surface area (Å²) in [4.78, 5) is 23.3. The Balaban J connectivity index is 1.14. The van der Waals surface area contributed by atoms with Crippen molar-refractivity contribution in [1.82, 2.24) is 0 Å². The minimum atomic E-state index is -5.30. The third-order valence-corrected chi connectivity index (χ3v) is 20.1. The Morgan fingerprint density at radius 3 is 1.41 bits per heavy atom. The van der Waals surface area contributed by atoms with E-state index in [2.05, 4.69) is 24.1 Å². The van der Waals surface area contributed by atoms with Gasteiger partial charge in [0.1, 0.15) is 153 Å². The van der Waals surface area contributed by atoms with Crippen LogP contribution in [-0.4, -0.2) is 376 Å². The number of quaternary nitrogens is 2. The number of unbranched alkanes of at least 4 members (excludes halogenated alkanes) is 3. The van der Waals surface area contributed by atoms with Crippen LogP contribution < -0.4 is 16.4 Å². The zero-order valence-electron chi connectivity index (χ0n) is 52.1. The number of hydrogen-bond donors (Lipinski definition) is 23. The quantitative estimate of drug-likeness (QED) is 0.0169. The summed E-state index contributed by atoms with van der Waals surface area (Å²) >= 11 is 4.14. The van der Waals surface area contributed by atoms with Crippen molar-refractivity contribution in [1.29, 1.82) is 0 Å². The zero-order valence-corrected chi connectivity index (χ0v) is 54.8. The number of phosphoric ester groups is 2. The van der Waals surface area contributed by atoms with Gasteiger partial charge < -0.3 is 184 Å². The minimum Gasteiger partial charge on any atom is -0.756 e. The van der Waals surface area contributed by atoms with Crippen molar-refractivity contribution in [3.8, 4) is 0 Å². The van der Waals surface area contributed by atoms with Crippen molar-refractivity contribution in [2.24, 2.45) is 11.8 Å². The maximum atomic E-state index is 13.2. The van der Waals surface area contributed by atoms with Gasteiger partial charge in [0.15, 0.2) is 37.5 Å². The van der Waals surface area contributed by atoms with E-state index in [0.717, 1.165) is 12.8 Å². The topological polar surface area (TPSA) is 665 Å². The molecule has 0 aromatic heterocycles. The molecule has 38 atom stereocenters. The third-order valence-electron chi connectivity index (χ3n) is 17.8. The van der Waals surface area contributed by atoms with E-state index >= 15 is 0 Å². The molecule has 1 aliphatic carbocycles. The van der Waals surface area contributed by atoms with Crippen molar-refractivity contribution in [3.05, 3.63) is 0 Å². The summed E-state index contributed by atoms with van der Waals surface area (Å²) in [6, 6.07) is -1.62. The van der Waals surface area contributed by atoms with Crippen LogP contribution in [0.1, 0.15) is 39.5 Å². The lowest BCUT2D eigenvalue weighted by Gasteiger charge is -2.50. The Kier molecular flexibility index (Phi) is 31.6. The summed E-state index contributed by atoms with van der Waals surface area (Å²) in [5, 5.41) is 210. The second-order valence-corrected chi connectivity index (χ2v) is 27.8. The maximum absolute atomic E-state index is 13.2. The van der Waals surface area contributed by atoms with Crippen molar-refractivity contribution >= 4 is 28.3 Å². The normalized spacial score (nSPS) is 47.9. The van der Waals surface area contributed by atoms with Crippen LogP contribution in [0.15, 0.2) is 0 Å². The number of hydrogen-bond acceptors (Lipinski definition) is 39. The molecular formula is C52H97N2O39P2S+. The summed E-state index contributed by atoms with van der Waals surface area (Å²) in [5.41, 5.74) is 7.34. The number of ether oxygens (including phenoxy) is 12. The SMILES string of the molecule is CC1[C@H](O[C@@H]2C(CO[C@H]3OC(CO)[C@@H](O)[C@H](O)C3O[C@H]3OC(COP(=O)(O)OCC[NH3+])[C@@H](O)[C@H](O)C3O)O[C@H](O[C@@H]3C(CO)O[C@H](O[C@@H]4C(O)C(O)[C@@H](C)C(O)[C@H]4OP(=O)([O-])OCCCCCCS)C([NH3+])[C@H]3O)C(O)[C@H]2O)OC(CO)[C@H](O[C@H]2OC(CO)[C@@H](O)[C@H](O)C2O)[C@@H]1O. The first-order valence-corrected chi connectivity index (χ1v) is 34.8. The molecule has 41 nitrogen and oxygen atoms in total. The highest BCUT2D eigenvalue weighted by atomic mass is 32.1. The lowest BCUT2D eigenvalue weighted by Crippen LogP contribution is -2.79. The molecule has 0 radical (unpaired) electrons. The van der Waals surface area contributed by atoms with Gasteiger partial charge in [-0.1, -0.05) is 26.7 Å². The van der Waals surface area contributed by atoms with Crippen molar-refractivity contribution in [3.63, 3.8) is 0 Å². The Bertz CT molecular complexity index is 2420. The number of aliphatic hydroxyl groups is 19. The first kappa shape index (κ1) is 82.5. The highest BCUT2D eigenvalue weighted by Crippen LogP contribution is 2.47. The smallest absolute Gasteiger partial charge is 0.472 e. The molecule has 7 fully saturated rings. The Labute approximate surface area is 554 Å². The fourth-order valence-corrected chi connectivity index (χ4v) is 13.8. The van der Waals surface area contributed by atoms with E-state index in [0.29, 0.717) is 12.2 Å². The van der Waals surface area contributed by atoms with E-state index in [9.17, 15) is 116 Å². The molecule has 0 aromatic rings. The van der Waals surface area contributed by atoms with Gasteiger partial charge in [0.25, 0.3) is 7.82 Å². The number of rotatable bonds is 32. The number of phosphoric acid groups is 2. The molecule has 0 spiro atoms. The maximum Gasteiger partial charge on any atom is 0.472 e. The van der Waals surface area contributed by atoms with Crippen LogP contribution in [0.3, 0.4) is 0 Å². The standard InChI is InChI=1S/C52H96N2O39P2S/c1-17-26(59)35(68)44(45(27(17)60)93-95(76,77)79-8-5-3-4-6-10-96)91-48-25(54)32(65)42(22(14-58)85-48)90-51-40(73)37(70)43(88-47-18(2)28(61)41(21(13-57)84-47)89-49-38(71)33(66)29(62)19(11-55)82-49)24(87-51)15-78-52-46(36(69)30(63)20(12-56)83-52)92-50-39(72)34(67)31(64)23(86-50)16-81-94(74,75)80-9-7-53/h17-52,55-73,96H,3-16,53-54H2,1-2H3,(H,74,75)(H,76,77)/p+1/t17-,18?,19?,20?,21?,22?,23?,24?,25?,26?,27?,28-,29-,30-,31-,32-,33+,34+,35?,36+,37-,38?,39?,40?,41+,42-,43-,44-,45-,46?,47+,48-,49-,50-,51-,52+/m1/s1. The summed E-state index contributed by atoms with van der Waals surface area (Å²) in [7, 11) is -10.1. The molecular weight excluding hydrogens is 1370 g/mol. The molecule has 6 heterocycles. The van der Waals surface area contributed by atoms with E-state index < -0.39 is 276 Å². The van der Waals surface area contributed by atoms with Gasteiger partial charge in [-0.05, 0) is 18.6 Å². The van der Waals surface area contributed by atoms with E-state index in [-0.39, 0.29) is 26.2 Å². The van der Waals surface area contributed by atoms with Crippen LogP contribution >= 0.6 is 28.3 Å². The molecule has 96 heavy (non-hydrogen) atoms. The van der Waals surface area contributed by atoms with Crippen LogP contribution in [0.5, 0.6) is 0 Å². The van der Waals surface area contributed by atoms with E-state index in [1.165, 1.54) is 13.8 Å². The van der Waals surface area contributed by atoms with Crippen LogP contribution in [0.4, 0.5) is 0 Å². The summed E-state index contributed by atoms with van der Waals surface area (Å²) in [6.45, 7) is -4.06. The zero-order chi connectivity index (χ0) is 71.0. The predicted octanol–water partition coefficient (Wildman–Crippen LogP) is -13.7. The van der Waals surface area contributed by atoms with Gasteiger partial charge in [-0.3, -0.25) is 13.6 Å². The Morgan fingerprint density at radius 2 is 0.833 bits per heavy atom. The average molecular weight is 1470 g/mol. The number of aliphatic hydroxyl groups excluding tert-OH is 19. The first-order valence-electron chi connectivity index (χ1n) is 31.3. The lowest BCUT2D eigenvalue weighted by atomic mass is 9.79. The van der Waals surface area contributed by atoms with Gasteiger partial charge in [0.2, 0.25) is 6.29 Å². The predicted molar refractivity (Wildman–Crippen MR) is 306 cm³/mol. The fraction of sp³-hybridized carbons (Fsp3) is 1.00. The molecule has 44 heteroatoms. The molecule has 0 aromatic carbocycles. The molecule has 564 valence electrons. The van der Waals surface area contributed by atoms with E-state index in [1.807, 2.05) is 0 Å². The van der Waals surface area contributed by atoms with Gasteiger partial charge in [0, 0.05) is 11.8 Å². The van der Waals surface area contributed by atoms with Crippen molar-refractivity contribution in [2.45, 2.75) is 248 Å².